The lowest BCUT2D eigenvalue weighted by atomic mass is 10.1. The van der Waals surface area contributed by atoms with E-state index in [-0.39, 0.29) is 38.0 Å². The summed E-state index contributed by atoms with van der Waals surface area (Å²) >= 11 is 0. The summed E-state index contributed by atoms with van der Waals surface area (Å²) < 4.78 is 16.7. The summed E-state index contributed by atoms with van der Waals surface area (Å²) in [6.07, 6.45) is 82.5. The lowest BCUT2D eigenvalue weighted by Gasteiger charge is -2.18. The molecule has 0 fully saturated rings. The summed E-state index contributed by atoms with van der Waals surface area (Å²) in [5.41, 5.74) is 0. The smallest absolute Gasteiger partial charge is 0.306 e. The van der Waals surface area contributed by atoms with Gasteiger partial charge in [-0.3, -0.25) is 14.4 Å². The Labute approximate surface area is 429 Å². The Morgan fingerprint density at radius 2 is 0.557 bits per heavy atom. The molecule has 0 aliphatic rings. The highest BCUT2D eigenvalue weighted by molar-refractivity contribution is 5.71. The second-order valence-electron chi connectivity index (χ2n) is 17.3. The van der Waals surface area contributed by atoms with E-state index < -0.39 is 12.1 Å². The van der Waals surface area contributed by atoms with Gasteiger partial charge in [-0.05, 0) is 122 Å². The van der Waals surface area contributed by atoms with Crippen molar-refractivity contribution in [3.8, 4) is 0 Å². The summed E-state index contributed by atoms with van der Waals surface area (Å²) in [5.74, 6) is -1.10. The number of esters is 3. The average molecular weight is 963 g/mol. The number of hydrogen-bond donors (Lipinski definition) is 0. The first kappa shape index (κ1) is 65.0. The Balaban J connectivity index is 4.60. The van der Waals surface area contributed by atoms with E-state index in [0.29, 0.717) is 19.3 Å². The van der Waals surface area contributed by atoms with E-state index in [0.717, 1.165) is 116 Å². The first-order valence-corrected chi connectivity index (χ1v) is 27.5. The van der Waals surface area contributed by atoms with Crippen molar-refractivity contribution < 1.29 is 28.6 Å². The fourth-order valence-corrected chi connectivity index (χ4v) is 6.78. The Morgan fingerprint density at radius 3 is 0.929 bits per heavy atom. The third-order valence-corrected chi connectivity index (χ3v) is 10.8. The van der Waals surface area contributed by atoms with Gasteiger partial charge in [0.2, 0.25) is 0 Å². The molecule has 0 N–H and O–H groups in total. The highest BCUT2D eigenvalue weighted by Crippen LogP contribution is 2.13. The lowest BCUT2D eigenvalue weighted by Crippen LogP contribution is -2.30. The molecule has 1 unspecified atom stereocenters. The zero-order valence-corrected chi connectivity index (χ0v) is 44.5. The molecule has 0 aromatic carbocycles. The summed E-state index contributed by atoms with van der Waals surface area (Å²) in [6, 6.07) is 0. The van der Waals surface area contributed by atoms with Gasteiger partial charge in [-0.15, -0.1) is 0 Å². The third kappa shape index (κ3) is 54.0. The summed E-state index contributed by atoms with van der Waals surface area (Å²) in [7, 11) is 0. The molecule has 0 aromatic rings. The fourth-order valence-electron chi connectivity index (χ4n) is 6.78. The van der Waals surface area contributed by atoms with Gasteiger partial charge >= 0.3 is 17.9 Å². The summed E-state index contributed by atoms with van der Waals surface area (Å²) in [6.45, 7) is 6.16. The monoisotopic (exact) mass is 963 g/mol. The van der Waals surface area contributed by atoms with Crippen LogP contribution in [0.2, 0.25) is 0 Å². The van der Waals surface area contributed by atoms with Crippen molar-refractivity contribution in [3.63, 3.8) is 0 Å². The van der Waals surface area contributed by atoms with Crippen LogP contribution in [0.5, 0.6) is 0 Å². The van der Waals surface area contributed by atoms with E-state index in [1.807, 2.05) is 12.2 Å². The average Bonchev–Trinajstić information content (AvgIpc) is 3.36. The number of allylic oxidation sites excluding steroid dienone is 26. The summed E-state index contributed by atoms with van der Waals surface area (Å²) in [4.78, 5) is 38.1. The Kier molecular flexibility index (Phi) is 52.6. The lowest BCUT2D eigenvalue weighted by molar-refractivity contribution is -0.166. The van der Waals surface area contributed by atoms with Crippen molar-refractivity contribution in [2.75, 3.05) is 13.2 Å². The van der Waals surface area contributed by atoms with Crippen LogP contribution in [0.3, 0.4) is 0 Å². The predicted molar refractivity (Wildman–Crippen MR) is 302 cm³/mol. The molecule has 0 bridgehead atoms. The van der Waals surface area contributed by atoms with Crippen molar-refractivity contribution in [3.05, 3.63) is 158 Å². The van der Waals surface area contributed by atoms with Gasteiger partial charge < -0.3 is 14.2 Å². The maximum Gasteiger partial charge on any atom is 0.306 e. The highest BCUT2D eigenvalue weighted by Gasteiger charge is 2.19. The Morgan fingerprint density at radius 1 is 0.286 bits per heavy atom. The molecule has 0 aliphatic heterocycles. The van der Waals surface area contributed by atoms with Crippen molar-refractivity contribution in [2.45, 2.75) is 213 Å². The van der Waals surface area contributed by atoms with Gasteiger partial charge in [-0.2, -0.15) is 0 Å². The van der Waals surface area contributed by atoms with Crippen molar-refractivity contribution in [1.82, 2.24) is 0 Å². The SMILES string of the molecule is CC/C=C\C/C=C\C/C=C\C/C=C\C/C=C\CCCC(=O)OC(COC(=O)CC/C=C\C/C=C\C/C=C\C/C=C\C/C=C\CC)COC(=O)CCCCCCCCCCC/C=C\C/C=C\C/C=C\CC. The Hall–Kier alpha value is -4.97. The maximum atomic E-state index is 12.8. The van der Waals surface area contributed by atoms with Gasteiger partial charge in [-0.1, -0.05) is 224 Å². The molecular weight excluding hydrogens is 865 g/mol. The van der Waals surface area contributed by atoms with Crippen LogP contribution < -0.4 is 0 Å². The largest absolute Gasteiger partial charge is 0.462 e. The molecule has 6 heteroatoms. The fraction of sp³-hybridized carbons (Fsp3) is 0.547. The van der Waals surface area contributed by atoms with Gasteiger partial charge in [-0.25, -0.2) is 0 Å². The first-order valence-electron chi connectivity index (χ1n) is 27.5. The number of ether oxygens (including phenoxy) is 3. The third-order valence-electron chi connectivity index (χ3n) is 10.8. The van der Waals surface area contributed by atoms with Crippen LogP contribution in [0.15, 0.2) is 158 Å². The molecule has 0 aromatic heterocycles. The molecular formula is C64H98O6. The van der Waals surface area contributed by atoms with E-state index in [9.17, 15) is 14.4 Å². The molecule has 0 heterocycles. The van der Waals surface area contributed by atoms with Crippen molar-refractivity contribution >= 4 is 17.9 Å². The van der Waals surface area contributed by atoms with Crippen molar-refractivity contribution in [1.29, 1.82) is 0 Å². The minimum atomic E-state index is -0.848. The first-order chi connectivity index (χ1) is 34.5. The molecule has 0 spiro atoms. The van der Waals surface area contributed by atoms with Crippen LogP contribution in [0, 0.1) is 0 Å². The number of hydrogen-bond acceptors (Lipinski definition) is 6. The van der Waals surface area contributed by atoms with E-state index in [1.165, 1.54) is 38.5 Å². The number of carbonyl (C=O) groups is 3. The van der Waals surface area contributed by atoms with Crippen LogP contribution in [-0.2, 0) is 28.6 Å². The Bertz CT molecular complexity index is 1620. The van der Waals surface area contributed by atoms with Crippen LogP contribution in [0.4, 0.5) is 0 Å². The predicted octanol–water partition coefficient (Wildman–Crippen LogP) is 18.6. The molecule has 0 radical (unpaired) electrons. The van der Waals surface area contributed by atoms with Crippen LogP contribution in [-0.4, -0.2) is 37.2 Å². The summed E-state index contributed by atoms with van der Waals surface area (Å²) in [5, 5.41) is 0. The topological polar surface area (TPSA) is 78.9 Å². The van der Waals surface area contributed by atoms with E-state index in [2.05, 4.69) is 167 Å². The second-order valence-corrected chi connectivity index (χ2v) is 17.3. The normalized spacial score (nSPS) is 13.4. The molecule has 0 aliphatic carbocycles. The van der Waals surface area contributed by atoms with Gasteiger partial charge in [0.1, 0.15) is 13.2 Å². The number of carbonyl (C=O) groups excluding carboxylic acids is 3. The molecule has 0 rings (SSSR count). The van der Waals surface area contributed by atoms with E-state index in [4.69, 9.17) is 14.2 Å². The van der Waals surface area contributed by atoms with Gasteiger partial charge in [0.25, 0.3) is 0 Å². The molecule has 1 atom stereocenters. The number of rotatable bonds is 47. The van der Waals surface area contributed by atoms with E-state index >= 15 is 0 Å². The van der Waals surface area contributed by atoms with Crippen LogP contribution in [0.1, 0.15) is 207 Å². The maximum absolute atomic E-state index is 12.8. The van der Waals surface area contributed by atoms with Crippen molar-refractivity contribution in [2.24, 2.45) is 0 Å². The quantitative estimate of drug-likeness (QED) is 0.0262. The highest BCUT2D eigenvalue weighted by atomic mass is 16.6. The molecule has 70 heavy (non-hydrogen) atoms. The second kappa shape index (κ2) is 56.6. The molecule has 0 saturated heterocycles. The van der Waals surface area contributed by atoms with Crippen LogP contribution in [0.25, 0.3) is 0 Å². The zero-order valence-electron chi connectivity index (χ0n) is 44.5. The standard InChI is InChI=1S/C64H98O6/c1-4-7-10-13-16-19-22-25-28-31-32-34-36-39-42-45-48-51-54-57-63(66)69-60-61(59-68-62(65)56-53-50-47-44-41-38-35-30-27-24-21-18-15-12-9-6-3)70-64(67)58-55-52-49-46-43-40-37-33-29-26-23-20-17-14-11-8-5-2/h7-12,16-21,25-30,37-38,40-41,46-47,49-50,61H,4-6,13-15,22-24,31-36,39,42-45,48,51-60H2,1-3H3/b10-7-,11-8-,12-9-,19-16-,20-17-,21-18-,28-25-,29-26-,30-27-,40-37-,41-38-,49-46-,50-47-. The number of unbranched alkanes of at least 4 members (excludes halogenated alkanes) is 10. The van der Waals surface area contributed by atoms with E-state index in [1.54, 1.807) is 0 Å². The molecule has 0 amide bonds. The molecule has 0 saturated carbocycles. The van der Waals surface area contributed by atoms with Gasteiger partial charge in [0.15, 0.2) is 6.10 Å². The molecule has 390 valence electrons. The molecule has 6 nitrogen and oxygen atoms in total. The zero-order chi connectivity index (χ0) is 50.7. The minimum Gasteiger partial charge on any atom is -0.462 e. The van der Waals surface area contributed by atoms with Gasteiger partial charge in [0, 0.05) is 19.3 Å². The van der Waals surface area contributed by atoms with Gasteiger partial charge in [0.05, 0.1) is 0 Å². The van der Waals surface area contributed by atoms with Crippen LogP contribution >= 0.6 is 0 Å². The minimum absolute atomic E-state index is 0.134.